The number of ether oxygens (including phenoxy) is 1. The predicted octanol–water partition coefficient (Wildman–Crippen LogP) is 2.80. The normalized spacial score (nSPS) is 21.9. The molecule has 1 N–H and O–H groups in total. The molecule has 1 saturated carbocycles. The standard InChI is InChI=1S/C12H14FNO/c13-9-3-1-4-10-11(9)14-7-12(8-15-10)5-2-6-12/h1,3-4,14H,2,5-8H2. The van der Waals surface area contributed by atoms with Crippen molar-refractivity contribution in [3.05, 3.63) is 24.0 Å². The van der Waals surface area contributed by atoms with Gasteiger partial charge in [-0.2, -0.15) is 0 Å². The Labute approximate surface area is 88.4 Å². The number of benzene rings is 1. The summed E-state index contributed by atoms with van der Waals surface area (Å²) in [5, 5.41) is 3.19. The number of hydrogen-bond donors (Lipinski definition) is 1. The first-order valence-electron chi connectivity index (χ1n) is 5.44. The van der Waals surface area contributed by atoms with E-state index >= 15 is 0 Å². The Morgan fingerprint density at radius 1 is 1.33 bits per heavy atom. The second-order valence-corrected chi connectivity index (χ2v) is 4.61. The van der Waals surface area contributed by atoms with E-state index in [-0.39, 0.29) is 11.2 Å². The molecule has 1 spiro atoms. The summed E-state index contributed by atoms with van der Waals surface area (Å²) in [7, 11) is 0. The van der Waals surface area contributed by atoms with E-state index in [1.807, 2.05) is 6.07 Å². The number of halogens is 1. The lowest BCUT2D eigenvalue weighted by Crippen LogP contribution is -2.40. The fraction of sp³-hybridized carbons (Fsp3) is 0.500. The molecule has 1 aliphatic carbocycles. The maximum atomic E-state index is 13.5. The van der Waals surface area contributed by atoms with Crippen molar-refractivity contribution in [2.24, 2.45) is 5.41 Å². The summed E-state index contributed by atoms with van der Waals surface area (Å²) in [6.45, 7) is 1.55. The minimum Gasteiger partial charge on any atom is -0.491 e. The van der Waals surface area contributed by atoms with E-state index in [4.69, 9.17) is 4.74 Å². The van der Waals surface area contributed by atoms with Crippen molar-refractivity contribution in [1.82, 2.24) is 0 Å². The van der Waals surface area contributed by atoms with Crippen LogP contribution in [-0.4, -0.2) is 13.2 Å². The van der Waals surface area contributed by atoms with Crippen molar-refractivity contribution < 1.29 is 9.13 Å². The molecule has 0 unspecified atom stereocenters. The molecule has 0 amide bonds. The molecular formula is C12H14FNO. The van der Waals surface area contributed by atoms with Gasteiger partial charge in [0, 0.05) is 12.0 Å². The highest BCUT2D eigenvalue weighted by atomic mass is 19.1. The molecule has 3 rings (SSSR count). The van der Waals surface area contributed by atoms with Gasteiger partial charge in [-0.25, -0.2) is 4.39 Å². The molecule has 1 fully saturated rings. The van der Waals surface area contributed by atoms with E-state index in [9.17, 15) is 4.39 Å². The minimum absolute atomic E-state index is 0.219. The van der Waals surface area contributed by atoms with E-state index in [1.54, 1.807) is 6.07 Å². The van der Waals surface area contributed by atoms with Gasteiger partial charge >= 0.3 is 0 Å². The molecule has 3 heteroatoms. The Balaban J connectivity index is 1.91. The van der Waals surface area contributed by atoms with Gasteiger partial charge in [0.15, 0.2) is 0 Å². The van der Waals surface area contributed by atoms with Crippen LogP contribution >= 0.6 is 0 Å². The lowest BCUT2D eigenvalue weighted by Gasteiger charge is -2.40. The summed E-state index contributed by atoms with van der Waals surface area (Å²) in [5.41, 5.74) is 0.784. The quantitative estimate of drug-likeness (QED) is 0.706. The van der Waals surface area contributed by atoms with Crippen LogP contribution < -0.4 is 10.1 Å². The van der Waals surface area contributed by atoms with Crippen LogP contribution in [0.5, 0.6) is 5.75 Å². The highest BCUT2D eigenvalue weighted by molar-refractivity contribution is 5.58. The van der Waals surface area contributed by atoms with Gasteiger partial charge in [0.25, 0.3) is 0 Å². The average molecular weight is 207 g/mol. The molecule has 2 nitrogen and oxygen atoms in total. The molecule has 0 aromatic heterocycles. The van der Waals surface area contributed by atoms with E-state index in [0.29, 0.717) is 11.4 Å². The van der Waals surface area contributed by atoms with Crippen molar-refractivity contribution in [1.29, 1.82) is 0 Å². The van der Waals surface area contributed by atoms with E-state index in [0.717, 1.165) is 13.2 Å². The molecule has 2 aliphatic rings. The SMILES string of the molecule is Fc1cccc2c1NCC1(CCC1)CO2. The molecule has 1 heterocycles. The first-order valence-corrected chi connectivity index (χ1v) is 5.44. The lowest BCUT2D eigenvalue weighted by atomic mass is 9.69. The van der Waals surface area contributed by atoms with Crippen LogP contribution in [0.15, 0.2) is 18.2 Å². The van der Waals surface area contributed by atoms with Crippen LogP contribution in [0.4, 0.5) is 10.1 Å². The Morgan fingerprint density at radius 2 is 2.20 bits per heavy atom. The van der Waals surface area contributed by atoms with E-state index < -0.39 is 0 Å². The van der Waals surface area contributed by atoms with Gasteiger partial charge in [0.2, 0.25) is 0 Å². The second kappa shape index (κ2) is 3.12. The molecule has 80 valence electrons. The Kier molecular flexibility index (Phi) is 1.87. The third-order valence-corrected chi connectivity index (χ3v) is 3.56. The fourth-order valence-corrected chi connectivity index (χ4v) is 2.35. The predicted molar refractivity (Wildman–Crippen MR) is 56.7 cm³/mol. The summed E-state index contributed by atoms with van der Waals surface area (Å²) < 4.78 is 19.2. The van der Waals surface area contributed by atoms with E-state index in [1.165, 1.54) is 25.3 Å². The number of hydrogen-bond acceptors (Lipinski definition) is 2. The van der Waals surface area contributed by atoms with Gasteiger partial charge < -0.3 is 10.1 Å². The first kappa shape index (κ1) is 9.01. The molecule has 0 radical (unpaired) electrons. The highest BCUT2D eigenvalue weighted by Gasteiger charge is 2.39. The van der Waals surface area contributed by atoms with Crippen LogP contribution in [-0.2, 0) is 0 Å². The van der Waals surface area contributed by atoms with Crippen molar-refractivity contribution in [3.63, 3.8) is 0 Å². The Morgan fingerprint density at radius 3 is 2.93 bits per heavy atom. The summed E-state index contributed by atoms with van der Waals surface area (Å²) in [6, 6.07) is 4.98. The maximum absolute atomic E-state index is 13.5. The van der Waals surface area contributed by atoms with Crippen molar-refractivity contribution in [2.45, 2.75) is 19.3 Å². The zero-order valence-electron chi connectivity index (χ0n) is 8.55. The largest absolute Gasteiger partial charge is 0.491 e. The number of rotatable bonds is 0. The number of anilines is 1. The number of fused-ring (bicyclic) bond motifs is 1. The van der Waals surface area contributed by atoms with Crippen molar-refractivity contribution in [3.8, 4) is 5.75 Å². The minimum atomic E-state index is -0.219. The third kappa shape index (κ3) is 1.37. The number of para-hydroxylation sites is 1. The molecule has 1 aliphatic heterocycles. The summed E-state index contributed by atoms with van der Waals surface area (Å²) in [6.07, 6.45) is 3.65. The summed E-state index contributed by atoms with van der Waals surface area (Å²) in [5.74, 6) is 0.433. The van der Waals surface area contributed by atoms with Gasteiger partial charge in [0.05, 0.1) is 6.61 Å². The lowest BCUT2D eigenvalue weighted by molar-refractivity contribution is 0.0766. The topological polar surface area (TPSA) is 21.3 Å². The molecule has 0 bridgehead atoms. The van der Waals surface area contributed by atoms with Crippen LogP contribution in [0.3, 0.4) is 0 Å². The van der Waals surface area contributed by atoms with Crippen LogP contribution in [0.1, 0.15) is 19.3 Å². The molecule has 0 saturated heterocycles. The zero-order chi connectivity index (χ0) is 10.3. The van der Waals surface area contributed by atoms with Gasteiger partial charge in [-0.3, -0.25) is 0 Å². The van der Waals surface area contributed by atoms with E-state index in [2.05, 4.69) is 5.32 Å². The summed E-state index contributed by atoms with van der Waals surface area (Å²) in [4.78, 5) is 0. The maximum Gasteiger partial charge on any atom is 0.150 e. The fourth-order valence-electron chi connectivity index (χ4n) is 2.35. The van der Waals surface area contributed by atoms with Crippen LogP contribution in [0.25, 0.3) is 0 Å². The van der Waals surface area contributed by atoms with Gasteiger partial charge in [0.1, 0.15) is 17.3 Å². The first-order chi connectivity index (χ1) is 7.29. The Bertz CT molecular complexity index is 387. The Hall–Kier alpha value is -1.25. The molecule has 1 aromatic rings. The van der Waals surface area contributed by atoms with Crippen molar-refractivity contribution >= 4 is 5.69 Å². The van der Waals surface area contributed by atoms with Crippen LogP contribution in [0, 0.1) is 11.2 Å². The highest BCUT2D eigenvalue weighted by Crippen LogP contribution is 2.44. The van der Waals surface area contributed by atoms with Crippen LogP contribution in [0.2, 0.25) is 0 Å². The monoisotopic (exact) mass is 207 g/mol. The molecular weight excluding hydrogens is 193 g/mol. The second-order valence-electron chi connectivity index (χ2n) is 4.61. The molecule has 15 heavy (non-hydrogen) atoms. The van der Waals surface area contributed by atoms with Gasteiger partial charge in [-0.1, -0.05) is 12.5 Å². The zero-order valence-corrected chi connectivity index (χ0v) is 8.55. The van der Waals surface area contributed by atoms with Crippen molar-refractivity contribution in [2.75, 3.05) is 18.5 Å². The summed E-state index contributed by atoms with van der Waals surface area (Å²) >= 11 is 0. The molecule has 0 atom stereocenters. The average Bonchev–Trinajstić information content (AvgIpc) is 2.37. The third-order valence-electron chi connectivity index (χ3n) is 3.56. The van der Waals surface area contributed by atoms with Gasteiger partial charge in [-0.15, -0.1) is 0 Å². The number of nitrogens with one attached hydrogen (secondary N) is 1. The van der Waals surface area contributed by atoms with Gasteiger partial charge in [-0.05, 0) is 25.0 Å². The molecule has 1 aromatic carbocycles. The smallest absolute Gasteiger partial charge is 0.150 e.